The van der Waals surface area contributed by atoms with Crippen molar-refractivity contribution in [2.45, 2.75) is 37.5 Å². The Morgan fingerprint density at radius 1 is 0.962 bits per heavy atom. The molecular weight excluding hydrogens is 348 g/mol. The fourth-order valence-corrected chi connectivity index (χ4v) is 4.72. The number of amides is 1. The SMILES string of the molecule is Cc1cccc(NC(=O)c2cccc(S(=O)(=O)N3CCCCCC3)c2)c1. The van der Waals surface area contributed by atoms with Crippen LogP contribution in [0.2, 0.25) is 0 Å². The van der Waals surface area contributed by atoms with Crippen LogP contribution in [0.5, 0.6) is 0 Å². The fourth-order valence-electron chi connectivity index (χ4n) is 3.15. The summed E-state index contributed by atoms with van der Waals surface area (Å²) >= 11 is 0. The van der Waals surface area contributed by atoms with Crippen molar-refractivity contribution < 1.29 is 13.2 Å². The molecule has 0 saturated carbocycles. The Bertz CT molecular complexity index is 885. The molecule has 5 nitrogen and oxygen atoms in total. The van der Waals surface area contributed by atoms with Crippen LogP contribution in [0.3, 0.4) is 0 Å². The van der Waals surface area contributed by atoms with Crippen LogP contribution >= 0.6 is 0 Å². The van der Waals surface area contributed by atoms with Crippen LogP contribution < -0.4 is 5.32 Å². The fraction of sp³-hybridized carbons (Fsp3) is 0.350. The molecule has 26 heavy (non-hydrogen) atoms. The number of anilines is 1. The Hall–Kier alpha value is -2.18. The van der Waals surface area contributed by atoms with E-state index in [4.69, 9.17) is 0 Å². The molecule has 1 heterocycles. The predicted octanol–water partition coefficient (Wildman–Crippen LogP) is 3.81. The van der Waals surface area contributed by atoms with E-state index in [0.29, 0.717) is 24.3 Å². The summed E-state index contributed by atoms with van der Waals surface area (Å²) in [5.41, 5.74) is 2.07. The first-order valence-corrected chi connectivity index (χ1v) is 10.4. The molecule has 1 saturated heterocycles. The second kappa shape index (κ2) is 8.01. The van der Waals surface area contributed by atoms with Gasteiger partial charge in [0.2, 0.25) is 10.0 Å². The van der Waals surface area contributed by atoms with Crippen LogP contribution in [-0.2, 0) is 10.0 Å². The first kappa shape index (κ1) is 18.6. The molecule has 0 atom stereocenters. The number of rotatable bonds is 4. The van der Waals surface area contributed by atoms with Gasteiger partial charge in [-0.25, -0.2) is 8.42 Å². The van der Waals surface area contributed by atoms with Crippen molar-refractivity contribution in [1.29, 1.82) is 0 Å². The van der Waals surface area contributed by atoms with Crippen molar-refractivity contribution in [3.8, 4) is 0 Å². The number of benzene rings is 2. The van der Waals surface area contributed by atoms with Gasteiger partial charge < -0.3 is 5.32 Å². The normalized spacial score (nSPS) is 16.0. The van der Waals surface area contributed by atoms with Gasteiger partial charge in [0.25, 0.3) is 5.91 Å². The van der Waals surface area contributed by atoms with Crippen LogP contribution in [0.15, 0.2) is 53.4 Å². The summed E-state index contributed by atoms with van der Waals surface area (Å²) < 4.78 is 27.4. The van der Waals surface area contributed by atoms with Crippen LogP contribution in [0.25, 0.3) is 0 Å². The number of carbonyl (C=O) groups is 1. The highest BCUT2D eigenvalue weighted by Gasteiger charge is 2.25. The molecule has 6 heteroatoms. The topological polar surface area (TPSA) is 66.5 Å². The minimum absolute atomic E-state index is 0.177. The van der Waals surface area contributed by atoms with Crippen molar-refractivity contribution in [2.75, 3.05) is 18.4 Å². The first-order chi connectivity index (χ1) is 12.5. The molecule has 0 spiro atoms. The largest absolute Gasteiger partial charge is 0.322 e. The maximum absolute atomic E-state index is 12.9. The third-order valence-corrected chi connectivity index (χ3v) is 6.47. The van der Waals surface area contributed by atoms with E-state index in [-0.39, 0.29) is 10.8 Å². The lowest BCUT2D eigenvalue weighted by molar-refractivity contribution is 0.102. The van der Waals surface area contributed by atoms with Gasteiger partial charge >= 0.3 is 0 Å². The summed E-state index contributed by atoms with van der Waals surface area (Å²) in [6.45, 7) is 3.04. The number of hydrogen-bond donors (Lipinski definition) is 1. The maximum atomic E-state index is 12.9. The molecule has 3 rings (SSSR count). The summed E-state index contributed by atoms with van der Waals surface area (Å²) in [5, 5.41) is 2.82. The van der Waals surface area contributed by atoms with Gasteiger partial charge in [-0.15, -0.1) is 0 Å². The van der Waals surface area contributed by atoms with Crippen LogP contribution in [0.4, 0.5) is 5.69 Å². The first-order valence-electron chi connectivity index (χ1n) is 8.95. The van der Waals surface area contributed by atoms with Crippen molar-refractivity contribution >= 4 is 21.6 Å². The van der Waals surface area contributed by atoms with Crippen molar-refractivity contribution in [1.82, 2.24) is 4.31 Å². The summed E-state index contributed by atoms with van der Waals surface area (Å²) in [5.74, 6) is -0.316. The van der Waals surface area contributed by atoms with Gasteiger partial charge in [-0.05, 0) is 55.7 Å². The molecular formula is C20H24N2O3S. The van der Waals surface area contributed by atoms with Crippen LogP contribution in [-0.4, -0.2) is 31.7 Å². The van der Waals surface area contributed by atoms with E-state index in [0.717, 1.165) is 31.2 Å². The van der Waals surface area contributed by atoms with Gasteiger partial charge in [-0.3, -0.25) is 4.79 Å². The highest BCUT2D eigenvalue weighted by molar-refractivity contribution is 7.89. The minimum atomic E-state index is -3.57. The Labute approximate surface area is 155 Å². The summed E-state index contributed by atoms with van der Waals surface area (Å²) in [4.78, 5) is 12.7. The van der Waals surface area contributed by atoms with Gasteiger partial charge in [-0.2, -0.15) is 4.31 Å². The zero-order valence-electron chi connectivity index (χ0n) is 14.9. The quantitative estimate of drug-likeness (QED) is 0.887. The molecule has 0 radical (unpaired) electrons. The van der Waals surface area contributed by atoms with E-state index in [1.54, 1.807) is 18.2 Å². The number of aryl methyl sites for hydroxylation is 1. The monoisotopic (exact) mass is 372 g/mol. The number of hydrogen-bond acceptors (Lipinski definition) is 3. The average molecular weight is 372 g/mol. The second-order valence-electron chi connectivity index (χ2n) is 6.67. The smallest absolute Gasteiger partial charge is 0.255 e. The zero-order valence-corrected chi connectivity index (χ0v) is 15.8. The summed E-state index contributed by atoms with van der Waals surface area (Å²) in [6, 6.07) is 13.8. The highest BCUT2D eigenvalue weighted by Crippen LogP contribution is 2.21. The summed E-state index contributed by atoms with van der Waals surface area (Å²) in [7, 11) is -3.57. The maximum Gasteiger partial charge on any atom is 0.255 e. The van der Waals surface area contributed by atoms with E-state index in [1.165, 1.54) is 10.4 Å². The molecule has 1 amide bonds. The minimum Gasteiger partial charge on any atom is -0.322 e. The third kappa shape index (κ3) is 4.31. The number of sulfonamides is 1. The average Bonchev–Trinajstić information content (AvgIpc) is 2.92. The standard InChI is InChI=1S/C20H24N2O3S/c1-16-8-6-10-18(14-16)21-20(23)17-9-7-11-19(15-17)26(24,25)22-12-4-2-3-5-13-22/h6-11,14-15H,2-5,12-13H2,1H3,(H,21,23). The van der Waals surface area contributed by atoms with E-state index >= 15 is 0 Å². The van der Waals surface area contributed by atoms with Gasteiger partial charge in [-0.1, -0.05) is 31.0 Å². The van der Waals surface area contributed by atoms with Crippen LogP contribution in [0.1, 0.15) is 41.6 Å². The molecule has 1 fully saturated rings. The van der Waals surface area contributed by atoms with Gasteiger partial charge in [0.05, 0.1) is 4.90 Å². The van der Waals surface area contributed by atoms with Gasteiger partial charge in [0.15, 0.2) is 0 Å². The number of nitrogens with one attached hydrogen (secondary N) is 1. The Morgan fingerprint density at radius 2 is 1.65 bits per heavy atom. The molecule has 0 unspecified atom stereocenters. The van der Waals surface area contributed by atoms with Gasteiger partial charge in [0.1, 0.15) is 0 Å². The Morgan fingerprint density at radius 3 is 2.35 bits per heavy atom. The highest BCUT2D eigenvalue weighted by atomic mass is 32.2. The second-order valence-corrected chi connectivity index (χ2v) is 8.61. The third-order valence-electron chi connectivity index (χ3n) is 4.57. The lowest BCUT2D eigenvalue weighted by Gasteiger charge is -2.20. The molecule has 0 aliphatic carbocycles. The number of carbonyl (C=O) groups excluding carboxylic acids is 1. The van der Waals surface area contributed by atoms with E-state index < -0.39 is 10.0 Å². The molecule has 2 aromatic carbocycles. The molecule has 0 bridgehead atoms. The van der Waals surface area contributed by atoms with Crippen molar-refractivity contribution in [2.24, 2.45) is 0 Å². The molecule has 0 aromatic heterocycles. The van der Waals surface area contributed by atoms with E-state index in [9.17, 15) is 13.2 Å². The van der Waals surface area contributed by atoms with Gasteiger partial charge in [0, 0.05) is 24.3 Å². The Kier molecular flexibility index (Phi) is 5.74. The predicted molar refractivity (Wildman–Crippen MR) is 103 cm³/mol. The lowest BCUT2D eigenvalue weighted by Crippen LogP contribution is -2.32. The molecule has 1 aliphatic rings. The van der Waals surface area contributed by atoms with E-state index in [2.05, 4.69) is 5.32 Å². The molecule has 2 aromatic rings. The van der Waals surface area contributed by atoms with Crippen LogP contribution in [0, 0.1) is 6.92 Å². The molecule has 1 N–H and O–H groups in total. The zero-order chi connectivity index (χ0) is 18.6. The Balaban J connectivity index is 1.82. The van der Waals surface area contributed by atoms with Crippen molar-refractivity contribution in [3.63, 3.8) is 0 Å². The van der Waals surface area contributed by atoms with Crippen molar-refractivity contribution in [3.05, 3.63) is 59.7 Å². The number of nitrogens with zero attached hydrogens (tertiary/aromatic N) is 1. The molecule has 1 aliphatic heterocycles. The van der Waals surface area contributed by atoms with E-state index in [1.807, 2.05) is 31.2 Å². The molecule has 138 valence electrons. The summed E-state index contributed by atoms with van der Waals surface area (Å²) in [6.07, 6.45) is 3.88. The lowest BCUT2D eigenvalue weighted by atomic mass is 10.2.